The fraction of sp³-hybridized carbons (Fsp3) is 0. The van der Waals surface area contributed by atoms with Crippen molar-refractivity contribution in [3.63, 3.8) is 0 Å². The summed E-state index contributed by atoms with van der Waals surface area (Å²) in [7, 11) is 0. The van der Waals surface area contributed by atoms with Crippen molar-refractivity contribution < 1.29 is 13.9 Å². The molecule has 0 saturated carbocycles. The highest BCUT2D eigenvalue weighted by molar-refractivity contribution is 5.38. The number of nitrogens with zero attached hydrogens (tertiary/aromatic N) is 2. The van der Waals surface area contributed by atoms with Gasteiger partial charge in [0.2, 0.25) is 0 Å². The van der Waals surface area contributed by atoms with Crippen LogP contribution in [0.5, 0.6) is 5.75 Å². The summed E-state index contributed by atoms with van der Waals surface area (Å²) in [5.41, 5.74) is 0.225. The van der Waals surface area contributed by atoms with Crippen molar-refractivity contribution in [1.82, 2.24) is 9.78 Å². The minimum atomic E-state index is -1.00. The van der Waals surface area contributed by atoms with Crippen molar-refractivity contribution in [2.75, 3.05) is 0 Å². The second-order valence-electron chi connectivity index (χ2n) is 2.71. The number of rotatable bonds is 1. The van der Waals surface area contributed by atoms with Crippen molar-refractivity contribution in [1.29, 1.82) is 0 Å². The van der Waals surface area contributed by atoms with Gasteiger partial charge < -0.3 is 5.11 Å². The maximum Gasteiger partial charge on any atom is 0.187 e. The zero-order valence-electron chi connectivity index (χ0n) is 6.98. The monoisotopic (exact) mass is 196 g/mol. The maximum atomic E-state index is 12.9. The van der Waals surface area contributed by atoms with Gasteiger partial charge in [0.25, 0.3) is 0 Å². The van der Waals surface area contributed by atoms with Gasteiger partial charge in [-0.25, -0.2) is 13.5 Å². The molecular weight excluding hydrogens is 190 g/mol. The molecule has 2 aromatic rings. The largest absolute Gasteiger partial charge is 0.503 e. The number of benzene rings is 1. The molecule has 1 heterocycles. The third-order valence-electron chi connectivity index (χ3n) is 1.77. The predicted molar refractivity (Wildman–Crippen MR) is 45.1 cm³/mol. The van der Waals surface area contributed by atoms with Crippen LogP contribution >= 0.6 is 0 Å². The van der Waals surface area contributed by atoms with E-state index in [1.165, 1.54) is 10.9 Å². The zero-order chi connectivity index (χ0) is 10.1. The van der Waals surface area contributed by atoms with E-state index in [0.29, 0.717) is 0 Å². The molecule has 1 aromatic carbocycles. The lowest BCUT2D eigenvalue weighted by atomic mass is 10.3. The third-order valence-corrected chi connectivity index (χ3v) is 1.77. The number of hydrogen-bond donors (Lipinski definition) is 1. The van der Waals surface area contributed by atoms with E-state index in [2.05, 4.69) is 5.10 Å². The van der Waals surface area contributed by atoms with Gasteiger partial charge in [-0.1, -0.05) is 0 Å². The zero-order valence-corrected chi connectivity index (χ0v) is 6.98. The Kier molecular flexibility index (Phi) is 1.92. The lowest BCUT2D eigenvalue weighted by molar-refractivity contribution is 0.395. The Morgan fingerprint density at radius 2 is 1.86 bits per heavy atom. The van der Waals surface area contributed by atoms with Crippen LogP contribution < -0.4 is 0 Å². The van der Waals surface area contributed by atoms with Crippen LogP contribution in [0.25, 0.3) is 5.69 Å². The first-order valence-electron chi connectivity index (χ1n) is 3.86. The normalized spacial score (nSPS) is 10.4. The highest BCUT2D eigenvalue weighted by atomic mass is 19.1. The summed E-state index contributed by atoms with van der Waals surface area (Å²) in [6, 6.07) is 3.64. The first-order chi connectivity index (χ1) is 6.68. The molecule has 0 atom stereocenters. The maximum absolute atomic E-state index is 12.9. The van der Waals surface area contributed by atoms with Gasteiger partial charge in [-0.3, -0.25) is 0 Å². The second kappa shape index (κ2) is 3.10. The fourth-order valence-electron chi connectivity index (χ4n) is 1.11. The molecule has 0 amide bonds. The van der Waals surface area contributed by atoms with Gasteiger partial charge >= 0.3 is 0 Å². The van der Waals surface area contributed by atoms with Crippen LogP contribution in [0.1, 0.15) is 0 Å². The van der Waals surface area contributed by atoms with Gasteiger partial charge in [0.1, 0.15) is 0 Å². The first-order valence-corrected chi connectivity index (χ1v) is 3.86. The van der Waals surface area contributed by atoms with Crippen LogP contribution in [0, 0.1) is 11.6 Å². The number of phenols is 1. The average molecular weight is 196 g/mol. The van der Waals surface area contributed by atoms with Crippen molar-refractivity contribution in [2.24, 2.45) is 0 Å². The number of aromatic nitrogens is 2. The second-order valence-corrected chi connectivity index (χ2v) is 2.71. The molecule has 2 rings (SSSR count). The van der Waals surface area contributed by atoms with E-state index in [1.54, 1.807) is 12.3 Å². The SMILES string of the molecule is Oc1c(F)cc(-n2cccn2)cc1F. The van der Waals surface area contributed by atoms with Crippen LogP contribution in [0.2, 0.25) is 0 Å². The third kappa shape index (κ3) is 1.32. The Morgan fingerprint density at radius 1 is 1.21 bits per heavy atom. The first kappa shape index (κ1) is 8.68. The Morgan fingerprint density at radius 3 is 2.36 bits per heavy atom. The van der Waals surface area contributed by atoms with E-state index >= 15 is 0 Å². The van der Waals surface area contributed by atoms with Crippen LogP contribution in [0.4, 0.5) is 8.78 Å². The van der Waals surface area contributed by atoms with Crippen molar-refractivity contribution >= 4 is 0 Å². The van der Waals surface area contributed by atoms with Crippen LogP contribution in [0.15, 0.2) is 30.6 Å². The smallest absolute Gasteiger partial charge is 0.187 e. The average Bonchev–Trinajstić information content (AvgIpc) is 2.66. The van der Waals surface area contributed by atoms with Gasteiger partial charge in [0.15, 0.2) is 17.4 Å². The summed E-state index contributed by atoms with van der Waals surface area (Å²) in [4.78, 5) is 0. The molecule has 72 valence electrons. The molecule has 0 spiro atoms. The van der Waals surface area contributed by atoms with Crippen LogP contribution in [-0.4, -0.2) is 14.9 Å². The molecule has 0 aliphatic rings. The molecule has 3 nitrogen and oxygen atoms in total. The van der Waals surface area contributed by atoms with Crippen LogP contribution in [-0.2, 0) is 0 Å². The molecule has 0 fully saturated rings. The van der Waals surface area contributed by atoms with Gasteiger partial charge in [-0.15, -0.1) is 0 Å². The van der Waals surface area contributed by atoms with Crippen molar-refractivity contribution in [3.8, 4) is 11.4 Å². The van der Waals surface area contributed by atoms with E-state index in [-0.39, 0.29) is 5.69 Å². The molecule has 0 radical (unpaired) electrons. The molecule has 0 unspecified atom stereocenters. The minimum absolute atomic E-state index is 0.225. The summed E-state index contributed by atoms with van der Waals surface area (Å²) >= 11 is 0. The van der Waals surface area contributed by atoms with E-state index < -0.39 is 17.4 Å². The van der Waals surface area contributed by atoms with E-state index in [4.69, 9.17) is 5.11 Å². The molecule has 0 bridgehead atoms. The topological polar surface area (TPSA) is 38.0 Å². The summed E-state index contributed by atoms with van der Waals surface area (Å²) < 4.78 is 27.1. The lowest BCUT2D eigenvalue weighted by Crippen LogP contribution is -1.96. The van der Waals surface area contributed by atoms with E-state index in [0.717, 1.165) is 12.1 Å². The Labute approximate surface area is 78.2 Å². The Bertz CT molecular complexity index is 431. The Hall–Kier alpha value is -1.91. The van der Waals surface area contributed by atoms with Gasteiger partial charge in [0.05, 0.1) is 5.69 Å². The summed E-state index contributed by atoms with van der Waals surface area (Å²) in [6.07, 6.45) is 3.04. The molecule has 14 heavy (non-hydrogen) atoms. The fourth-order valence-corrected chi connectivity index (χ4v) is 1.11. The van der Waals surface area contributed by atoms with Gasteiger partial charge in [-0.2, -0.15) is 5.10 Å². The standard InChI is InChI=1S/C9H6F2N2O/c10-7-4-6(5-8(11)9(7)14)13-3-1-2-12-13/h1-5,14H. The lowest BCUT2D eigenvalue weighted by Gasteiger charge is -2.03. The summed E-state index contributed by atoms with van der Waals surface area (Å²) in [5.74, 6) is -2.98. The minimum Gasteiger partial charge on any atom is -0.503 e. The van der Waals surface area contributed by atoms with Gasteiger partial charge in [0, 0.05) is 24.5 Å². The molecule has 5 heteroatoms. The summed E-state index contributed by atoms with van der Waals surface area (Å²) in [5, 5.41) is 12.6. The Balaban J connectivity index is 2.57. The molecule has 0 aliphatic heterocycles. The molecule has 0 saturated heterocycles. The summed E-state index contributed by atoms with van der Waals surface area (Å²) in [6.45, 7) is 0. The van der Waals surface area contributed by atoms with E-state index in [9.17, 15) is 8.78 Å². The van der Waals surface area contributed by atoms with E-state index in [1.807, 2.05) is 0 Å². The molecular formula is C9H6F2N2O. The predicted octanol–water partition coefficient (Wildman–Crippen LogP) is 1.86. The quantitative estimate of drug-likeness (QED) is 0.755. The van der Waals surface area contributed by atoms with Crippen molar-refractivity contribution in [3.05, 3.63) is 42.2 Å². The van der Waals surface area contributed by atoms with Crippen LogP contribution in [0.3, 0.4) is 0 Å². The molecule has 1 N–H and O–H groups in total. The highest BCUT2D eigenvalue weighted by Gasteiger charge is 2.10. The highest BCUT2D eigenvalue weighted by Crippen LogP contribution is 2.22. The molecule has 1 aromatic heterocycles. The van der Waals surface area contributed by atoms with Crippen molar-refractivity contribution in [2.45, 2.75) is 0 Å². The number of phenolic OH excluding ortho intramolecular Hbond substituents is 1. The number of aromatic hydroxyl groups is 1. The number of halogens is 2. The molecule has 0 aliphatic carbocycles. The van der Waals surface area contributed by atoms with Gasteiger partial charge in [-0.05, 0) is 6.07 Å². The number of hydrogen-bond acceptors (Lipinski definition) is 2.